The smallest absolute Gasteiger partial charge is 0.326 e. The molecule has 2 aromatic rings. The van der Waals surface area contributed by atoms with E-state index in [9.17, 15) is 34.2 Å². The Labute approximate surface area is 212 Å². The number of aromatic amines is 1. The average molecular weight is 518 g/mol. The summed E-state index contributed by atoms with van der Waals surface area (Å²) in [5.41, 5.74) is 12.3. The largest absolute Gasteiger partial charge is 0.480 e. The fraction of sp³-hybridized carbons (Fsp3) is 0.391. The highest BCUT2D eigenvalue weighted by Gasteiger charge is 2.30. The number of carboxylic acids is 1. The van der Waals surface area contributed by atoms with Gasteiger partial charge in [0.1, 0.15) is 18.1 Å². The molecule has 4 atom stereocenters. The molecule has 1 aromatic carbocycles. The number of amides is 4. The topological polar surface area (TPSA) is 243 Å². The molecule has 0 fully saturated rings. The number of nitrogens with zero attached hydrogens (tertiary/aromatic N) is 1. The highest BCUT2D eigenvalue weighted by Crippen LogP contribution is 2.05. The van der Waals surface area contributed by atoms with Gasteiger partial charge < -0.3 is 42.6 Å². The summed E-state index contributed by atoms with van der Waals surface area (Å²) in [5, 5.41) is 26.1. The van der Waals surface area contributed by atoms with Gasteiger partial charge >= 0.3 is 5.97 Å². The number of aliphatic carboxylic acids is 1. The summed E-state index contributed by atoms with van der Waals surface area (Å²) in [5.74, 6) is -4.63. The van der Waals surface area contributed by atoms with Crippen LogP contribution in [0, 0.1) is 0 Å². The number of hydrogen-bond donors (Lipinski definition) is 8. The first-order chi connectivity index (χ1) is 17.6. The predicted octanol–water partition coefficient (Wildman–Crippen LogP) is -2.68. The first kappa shape index (κ1) is 28.9. The Hall–Kier alpha value is -4.30. The maximum Gasteiger partial charge on any atom is 0.326 e. The van der Waals surface area contributed by atoms with Crippen molar-refractivity contribution in [2.75, 3.05) is 6.61 Å². The Morgan fingerprint density at radius 3 is 2.11 bits per heavy atom. The van der Waals surface area contributed by atoms with Gasteiger partial charge in [-0.15, -0.1) is 0 Å². The standard InChI is InChI=1S/C23H31N7O7/c24-15(8-13-4-2-1-3-5-13)20(33)30-18(11-31)22(35)28-16(6-7-19(25)32)21(34)29-17(23(36)37)9-14-10-26-12-27-14/h1-5,10,12,15-18,31H,6-9,11,24H2,(H2,25,32)(H,26,27)(H,28,35)(H,29,34)(H,30,33)(H,36,37). The van der Waals surface area contributed by atoms with Crippen LogP contribution in [0.5, 0.6) is 0 Å². The second kappa shape index (κ2) is 14.3. The van der Waals surface area contributed by atoms with E-state index in [1.807, 2.05) is 6.07 Å². The fourth-order valence-corrected chi connectivity index (χ4v) is 3.35. The van der Waals surface area contributed by atoms with Crippen molar-refractivity contribution < 1.29 is 34.2 Å². The number of imidazole rings is 1. The van der Waals surface area contributed by atoms with Gasteiger partial charge in [-0.1, -0.05) is 30.3 Å². The van der Waals surface area contributed by atoms with Crippen molar-refractivity contribution in [2.24, 2.45) is 11.5 Å². The number of H-pyrrole nitrogens is 1. The van der Waals surface area contributed by atoms with E-state index in [0.29, 0.717) is 5.69 Å². The van der Waals surface area contributed by atoms with Gasteiger partial charge in [-0.25, -0.2) is 9.78 Å². The van der Waals surface area contributed by atoms with Crippen LogP contribution >= 0.6 is 0 Å². The molecule has 0 saturated heterocycles. The predicted molar refractivity (Wildman–Crippen MR) is 129 cm³/mol. The van der Waals surface area contributed by atoms with E-state index >= 15 is 0 Å². The van der Waals surface area contributed by atoms with E-state index in [2.05, 4.69) is 25.9 Å². The van der Waals surface area contributed by atoms with Crippen LogP contribution in [-0.4, -0.2) is 80.6 Å². The Bertz CT molecular complexity index is 1060. The van der Waals surface area contributed by atoms with Crippen molar-refractivity contribution >= 4 is 29.6 Å². The van der Waals surface area contributed by atoms with Crippen molar-refractivity contribution in [3.63, 3.8) is 0 Å². The van der Waals surface area contributed by atoms with Gasteiger partial charge in [0.2, 0.25) is 23.6 Å². The first-order valence-electron chi connectivity index (χ1n) is 11.4. The number of hydrogen-bond acceptors (Lipinski definition) is 8. The quantitative estimate of drug-likeness (QED) is 0.122. The highest BCUT2D eigenvalue weighted by atomic mass is 16.4. The molecule has 0 aliphatic heterocycles. The second-order valence-corrected chi connectivity index (χ2v) is 8.29. The number of nitrogens with two attached hydrogens (primary N) is 2. The van der Waals surface area contributed by atoms with Crippen LogP contribution < -0.4 is 27.4 Å². The number of rotatable bonds is 15. The lowest BCUT2D eigenvalue weighted by Gasteiger charge is -2.24. The molecule has 200 valence electrons. The number of benzene rings is 1. The average Bonchev–Trinajstić information content (AvgIpc) is 3.37. The van der Waals surface area contributed by atoms with Crippen molar-refractivity contribution in [1.29, 1.82) is 0 Å². The number of carboxylic acid groups (broad SMARTS) is 1. The van der Waals surface area contributed by atoms with Crippen LogP contribution in [0.15, 0.2) is 42.9 Å². The summed E-state index contributed by atoms with van der Waals surface area (Å²) in [7, 11) is 0. The molecule has 1 heterocycles. The lowest BCUT2D eigenvalue weighted by atomic mass is 10.1. The summed E-state index contributed by atoms with van der Waals surface area (Å²) in [6.07, 6.45) is 2.26. The zero-order chi connectivity index (χ0) is 27.4. The third-order valence-electron chi connectivity index (χ3n) is 5.36. The van der Waals surface area contributed by atoms with Gasteiger partial charge in [0.25, 0.3) is 0 Å². The third kappa shape index (κ3) is 9.70. The zero-order valence-electron chi connectivity index (χ0n) is 19.9. The van der Waals surface area contributed by atoms with Gasteiger partial charge in [-0.3, -0.25) is 19.2 Å². The van der Waals surface area contributed by atoms with Crippen molar-refractivity contribution in [3.05, 3.63) is 54.1 Å². The van der Waals surface area contributed by atoms with E-state index in [-0.39, 0.29) is 25.7 Å². The minimum absolute atomic E-state index is 0.119. The number of primary amides is 1. The number of aromatic nitrogens is 2. The van der Waals surface area contributed by atoms with Crippen LogP contribution in [0.25, 0.3) is 0 Å². The van der Waals surface area contributed by atoms with Gasteiger partial charge in [0, 0.05) is 24.7 Å². The molecule has 37 heavy (non-hydrogen) atoms. The molecule has 10 N–H and O–H groups in total. The van der Waals surface area contributed by atoms with E-state index in [1.165, 1.54) is 12.5 Å². The van der Waals surface area contributed by atoms with Crippen molar-refractivity contribution in [1.82, 2.24) is 25.9 Å². The number of aliphatic hydroxyl groups excluding tert-OH is 1. The third-order valence-corrected chi connectivity index (χ3v) is 5.36. The van der Waals surface area contributed by atoms with Gasteiger partial charge in [-0.2, -0.15) is 0 Å². The number of aliphatic hydroxyl groups is 1. The molecule has 0 aliphatic carbocycles. The monoisotopic (exact) mass is 517 g/mol. The van der Waals surface area contributed by atoms with Gasteiger partial charge in [0.05, 0.1) is 19.0 Å². The molecule has 2 rings (SSSR count). The second-order valence-electron chi connectivity index (χ2n) is 8.29. The van der Waals surface area contributed by atoms with Crippen LogP contribution in [0.1, 0.15) is 24.1 Å². The number of carbonyl (C=O) groups excluding carboxylic acids is 4. The first-order valence-corrected chi connectivity index (χ1v) is 11.4. The maximum absolute atomic E-state index is 12.8. The maximum atomic E-state index is 12.8. The minimum atomic E-state index is -1.46. The summed E-state index contributed by atoms with van der Waals surface area (Å²) in [4.78, 5) is 67.5. The molecule has 14 nitrogen and oxygen atoms in total. The van der Waals surface area contributed by atoms with Crippen LogP contribution in [0.3, 0.4) is 0 Å². The Balaban J connectivity index is 2.05. The van der Waals surface area contributed by atoms with Gasteiger partial charge in [-0.05, 0) is 18.4 Å². The van der Waals surface area contributed by atoms with Crippen LogP contribution in [-0.2, 0) is 36.8 Å². The molecule has 0 aliphatic rings. The van der Waals surface area contributed by atoms with E-state index < -0.39 is 60.4 Å². The summed E-state index contributed by atoms with van der Waals surface area (Å²) < 4.78 is 0. The van der Waals surface area contributed by atoms with Crippen LogP contribution in [0.2, 0.25) is 0 Å². The molecular formula is C23H31N7O7. The Kier molecular flexibility index (Phi) is 11.2. The normalized spacial score (nSPS) is 14.0. The number of nitrogens with one attached hydrogen (secondary N) is 4. The van der Waals surface area contributed by atoms with Crippen molar-refractivity contribution in [3.8, 4) is 0 Å². The minimum Gasteiger partial charge on any atom is -0.480 e. The fourth-order valence-electron chi connectivity index (χ4n) is 3.35. The molecule has 0 saturated carbocycles. The zero-order valence-corrected chi connectivity index (χ0v) is 19.9. The lowest BCUT2D eigenvalue weighted by Crippen LogP contribution is -2.58. The summed E-state index contributed by atoms with van der Waals surface area (Å²) >= 11 is 0. The van der Waals surface area contributed by atoms with Crippen molar-refractivity contribution in [2.45, 2.75) is 49.9 Å². The highest BCUT2D eigenvalue weighted by molar-refractivity contribution is 5.94. The molecule has 4 unspecified atom stereocenters. The Morgan fingerprint density at radius 2 is 1.54 bits per heavy atom. The SMILES string of the molecule is NC(=O)CCC(NC(=O)C(CO)NC(=O)C(N)Cc1ccccc1)C(=O)NC(Cc1cnc[nH]1)C(=O)O. The molecule has 0 spiro atoms. The molecule has 14 heteroatoms. The van der Waals surface area contributed by atoms with Gasteiger partial charge in [0.15, 0.2) is 0 Å². The molecule has 0 radical (unpaired) electrons. The van der Waals surface area contributed by atoms with E-state index in [4.69, 9.17) is 11.5 Å². The Morgan fingerprint density at radius 1 is 0.919 bits per heavy atom. The summed E-state index contributed by atoms with van der Waals surface area (Å²) in [6.45, 7) is -0.808. The van der Waals surface area contributed by atoms with E-state index in [1.54, 1.807) is 24.3 Å². The number of carbonyl (C=O) groups is 5. The molecular weight excluding hydrogens is 486 g/mol. The van der Waals surface area contributed by atoms with E-state index in [0.717, 1.165) is 5.56 Å². The summed E-state index contributed by atoms with van der Waals surface area (Å²) in [6, 6.07) is 3.70. The molecule has 4 amide bonds. The lowest BCUT2D eigenvalue weighted by molar-refractivity contribution is -0.142. The van der Waals surface area contributed by atoms with Crippen LogP contribution in [0.4, 0.5) is 0 Å². The molecule has 0 bridgehead atoms. The molecule has 1 aromatic heterocycles.